The van der Waals surface area contributed by atoms with Crippen LogP contribution in [0.25, 0.3) is 0 Å². The Morgan fingerprint density at radius 3 is 2.53 bits per heavy atom. The van der Waals surface area contributed by atoms with Crippen molar-refractivity contribution in [2.45, 2.75) is 39.2 Å². The van der Waals surface area contributed by atoms with E-state index in [1.807, 2.05) is 12.4 Å². The van der Waals surface area contributed by atoms with Crippen LogP contribution in [0.1, 0.15) is 32.3 Å². The Bertz CT molecular complexity index is 259. The maximum Gasteiger partial charge on any atom is 0.0270 e. The molecule has 1 aromatic rings. The summed E-state index contributed by atoms with van der Waals surface area (Å²) in [5.41, 5.74) is 4.22. The van der Waals surface area contributed by atoms with Gasteiger partial charge in [-0.3, -0.25) is 16.3 Å². The average molecular weight is 207 g/mol. The normalized spacial score (nSPS) is 13.1. The molecule has 1 rings (SSSR count). The summed E-state index contributed by atoms with van der Waals surface area (Å²) in [6.07, 6.45) is 6.94. The summed E-state index contributed by atoms with van der Waals surface area (Å²) in [5.74, 6) is 6.21. The van der Waals surface area contributed by atoms with Crippen LogP contribution < -0.4 is 11.3 Å². The molecule has 0 bridgehead atoms. The van der Waals surface area contributed by atoms with E-state index in [2.05, 4.69) is 36.4 Å². The summed E-state index contributed by atoms with van der Waals surface area (Å²) in [4.78, 5) is 4.00. The molecular formula is C12H21N3. The molecular weight excluding hydrogens is 186 g/mol. The Hall–Kier alpha value is -0.930. The van der Waals surface area contributed by atoms with Crippen molar-refractivity contribution < 1.29 is 0 Å². The van der Waals surface area contributed by atoms with Gasteiger partial charge in [0.25, 0.3) is 0 Å². The number of nitrogens with one attached hydrogen (secondary N) is 1. The minimum absolute atomic E-state index is 0.415. The van der Waals surface area contributed by atoms with Gasteiger partial charge >= 0.3 is 0 Å². The fourth-order valence-electron chi connectivity index (χ4n) is 1.73. The van der Waals surface area contributed by atoms with E-state index in [1.54, 1.807) is 0 Å². The van der Waals surface area contributed by atoms with Gasteiger partial charge in [0.15, 0.2) is 0 Å². The van der Waals surface area contributed by atoms with Crippen LogP contribution in [0.15, 0.2) is 24.5 Å². The molecule has 0 aliphatic rings. The van der Waals surface area contributed by atoms with Gasteiger partial charge in [0.05, 0.1) is 0 Å². The zero-order valence-corrected chi connectivity index (χ0v) is 9.61. The number of nitrogens with zero attached hydrogens (tertiary/aromatic N) is 1. The van der Waals surface area contributed by atoms with E-state index in [1.165, 1.54) is 5.56 Å². The molecule has 0 aliphatic carbocycles. The van der Waals surface area contributed by atoms with Crippen molar-refractivity contribution in [2.24, 2.45) is 11.8 Å². The van der Waals surface area contributed by atoms with Crippen LogP contribution in [-0.4, -0.2) is 11.0 Å². The lowest BCUT2D eigenvalue weighted by molar-refractivity contribution is 0.405. The molecule has 0 aliphatic heterocycles. The van der Waals surface area contributed by atoms with Crippen molar-refractivity contribution in [3.8, 4) is 0 Å². The third-order valence-electron chi connectivity index (χ3n) is 2.52. The third kappa shape index (κ3) is 4.91. The fourth-order valence-corrected chi connectivity index (χ4v) is 1.73. The molecule has 0 fully saturated rings. The lowest BCUT2D eigenvalue weighted by Crippen LogP contribution is -2.36. The molecule has 15 heavy (non-hydrogen) atoms. The fraction of sp³-hybridized carbons (Fsp3) is 0.583. The molecule has 1 heterocycles. The van der Waals surface area contributed by atoms with Crippen molar-refractivity contribution >= 4 is 0 Å². The number of rotatable bonds is 6. The van der Waals surface area contributed by atoms with Crippen molar-refractivity contribution in [3.05, 3.63) is 30.1 Å². The molecule has 3 nitrogen and oxygen atoms in total. The SMILES string of the molecule is CC(C)CC(CCc1ccncc1)NN. The zero-order valence-electron chi connectivity index (χ0n) is 9.61. The predicted octanol–water partition coefficient (Wildman–Crippen LogP) is 1.89. The van der Waals surface area contributed by atoms with Crippen LogP contribution in [0.2, 0.25) is 0 Å². The number of hydrazine groups is 1. The van der Waals surface area contributed by atoms with E-state index in [0.29, 0.717) is 12.0 Å². The lowest BCUT2D eigenvalue weighted by atomic mass is 9.98. The van der Waals surface area contributed by atoms with Gasteiger partial charge in [-0.2, -0.15) is 0 Å². The van der Waals surface area contributed by atoms with Gasteiger partial charge in [-0.05, 0) is 42.9 Å². The van der Waals surface area contributed by atoms with Crippen molar-refractivity contribution in [3.63, 3.8) is 0 Å². The Morgan fingerprint density at radius 2 is 2.00 bits per heavy atom. The molecule has 0 saturated carbocycles. The van der Waals surface area contributed by atoms with E-state index >= 15 is 0 Å². The maximum absolute atomic E-state index is 5.52. The third-order valence-corrected chi connectivity index (χ3v) is 2.52. The highest BCUT2D eigenvalue weighted by Gasteiger charge is 2.08. The average Bonchev–Trinajstić information content (AvgIpc) is 2.25. The Kier molecular flexibility index (Phi) is 5.29. The van der Waals surface area contributed by atoms with Crippen LogP contribution in [0, 0.1) is 5.92 Å². The highest BCUT2D eigenvalue weighted by molar-refractivity contribution is 5.09. The molecule has 0 saturated heterocycles. The van der Waals surface area contributed by atoms with Crippen molar-refractivity contribution in [2.75, 3.05) is 0 Å². The van der Waals surface area contributed by atoms with Gasteiger partial charge in [0.1, 0.15) is 0 Å². The molecule has 84 valence electrons. The van der Waals surface area contributed by atoms with Gasteiger partial charge in [-0.1, -0.05) is 13.8 Å². The van der Waals surface area contributed by atoms with Gasteiger partial charge < -0.3 is 0 Å². The van der Waals surface area contributed by atoms with E-state index in [4.69, 9.17) is 5.84 Å². The van der Waals surface area contributed by atoms with Gasteiger partial charge in [-0.15, -0.1) is 0 Å². The highest BCUT2D eigenvalue weighted by atomic mass is 15.2. The number of hydrogen-bond donors (Lipinski definition) is 2. The first kappa shape index (κ1) is 12.1. The summed E-state index contributed by atoms with van der Waals surface area (Å²) in [6, 6.07) is 4.53. The first-order valence-corrected chi connectivity index (χ1v) is 5.57. The van der Waals surface area contributed by atoms with Crippen LogP contribution in [0.4, 0.5) is 0 Å². The smallest absolute Gasteiger partial charge is 0.0270 e. The first-order chi connectivity index (χ1) is 7.22. The van der Waals surface area contributed by atoms with Gasteiger partial charge in [0, 0.05) is 18.4 Å². The number of aryl methyl sites for hydroxylation is 1. The van der Waals surface area contributed by atoms with E-state index in [9.17, 15) is 0 Å². The zero-order chi connectivity index (χ0) is 11.1. The molecule has 0 radical (unpaired) electrons. The monoisotopic (exact) mass is 207 g/mol. The van der Waals surface area contributed by atoms with Crippen LogP contribution >= 0.6 is 0 Å². The largest absolute Gasteiger partial charge is 0.271 e. The summed E-state index contributed by atoms with van der Waals surface area (Å²) in [5, 5.41) is 0. The predicted molar refractivity (Wildman–Crippen MR) is 63.1 cm³/mol. The quantitative estimate of drug-likeness (QED) is 0.553. The Morgan fingerprint density at radius 1 is 1.33 bits per heavy atom. The molecule has 1 atom stereocenters. The van der Waals surface area contributed by atoms with Crippen molar-refractivity contribution in [1.82, 2.24) is 10.4 Å². The minimum atomic E-state index is 0.415. The number of aromatic nitrogens is 1. The van der Waals surface area contributed by atoms with Crippen LogP contribution in [0.5, 0.6) is 0 Å². The second-order valence-corrected chi connectivity index (χ2v) is 4.39. The van der Waals surface area contributed by atoms with Crippen LogP contribution in [0.3, 0.4) is 0 Å². The Labute approximate surface area is 92.1 Å². The van der Waals surface area contributed by atoms with Crippen LogP contribution in [-0.2, 0) is 6.42 Å². The first-order valence-electron chi connectivity index (χ1n) is 5.57. The number of hydrogen-bond acceptors (Lipinski definition) is 3. The highest BCUT2D eigenvalue weighted by Crippen LogP contribution is 2.10. The summed E-state index contributed by atoms with van der Waals surface area (Å²) in [6.45, 7) is 4.44. The van der Waals surface area contributed by atoms with E-state index < -0.39 is 0 Å². The molecule has 0 amide bonds. The topological polar surface area (TPSA) is 50.9 Å². The molecule has 3 N–H and O–H groups in total. The molecule has 1 aromatic heterocycles. The lowest BCUT2D eigenvalue weighted by Gasteiger charge is -2.17. The van der Waals surface area contributed by atoms with E-state index in [0.717, 1.165) is 19.3 Å². The maximum atomic E-state index is 5.52. The molecule has 1 unspecified atom stereocenters. The summed E-state index contributed by atoms with van der Waals surface area (Å²) in [7, 11) is 0. The van der Waals surface area contributed by atoms with Crippen molar-refractivity contribution in [1.29, 1.82) is 0 Å². The Balaban J connectivity index is 2.34. The second kappa shape index (κ2) is 6.53. The van der Waals surface area contributed by atoms with E-state index in [-0.39, 0.29) is 0 Å². The summed E-state index contributed by atoms with van der Waals surface area (Å²) < 4.78 is 0. The number of nitrogens with two attached hydrogens (primary N) is 1. The van der Waals surface area contributed by atoms with Gasteiger partial charge in [0.2, 0.25) is 0 Å². The van der Waals surface area contributed by atoms with Gasteiger partial charge in [-0.25, -0.2) is 0 Å². The molecule has 3 heteroatoms. The number of pyridine rings is 1. The molecule has 0 spiro atoms. The second-order valence-electron chi connectivity index (χ2n) is 4.39. The molecule has 0 aromatic carbocycles. The summed E-state index contributed by atoms with van der Waals surface area (Å²) >= 11 is 0. The minimum Gasteiger partial charge on any atom is -0.271 e. The standard InChI is InChI=1S/C12H21N3/c1-10(2)9-12(15-13)4-3-11-5-7-14-8-6-11/h5-8,10,12,15H,3-4,9,13H2,1-2H3.